The molecule has 0 aliphatic heterocycles. The third kappa shape index (κ3) is 17.7. The van der Waals surface area contributed by atoms with E-state index in [0.717, 1.165) is 17.1 Å². The number of carbonyl (C=O) groups is 3. The molecule has 0 aliphatic carbocycles. The van der Waals surface area contributed by atoms with E-state index in [1.165, 1.54) is 0 Å². The van der Waals surface area contributed by atoms with Crippen LogP contribution in [0.3, 0.4) is 0 Å². The smallest absolute Gasteiger partial charge is 0.305 e. The normalized spacial score (nSPS) is 11.4. The number of hydrogen-bond acceptors (Lipinski definition) is 12. The number of azide groups is 1. The number of hydrogen-bond donors (Lipinski definition) is 4. The topological polar surface area (TPSA) is 233 Å². The van der Waals surface area contributed by atoms with Crippen LogP contribution in [-0.2, 0) is 40.4 Å². The molecule has 53 heavy (non-hydrogen) atoms. The average Bonchev–Trinajstić information content (AvgIpc) is 3.57. The summed E-state index contributed by atoms with van der Waals surface area (Å²) >= 11 is 0. The Kier molecular flexibility index (Phi) is 19.8. The summed E-state index contributed by atoms with van der Waals surface area (Å²) in [5.74, 6) is -0.771. The standard InChI is InChI=1S/C35H49N9O9/c1-26-5-8-38-32(20-26)37-7-3-4-33(45)39-25-34(46)42-30(24-35(47)48)27-21-28(31-6-9-41-44(31)2)23-29(22-27)53-19-18-52-17-16-51-15-14-50-13-12-49-11-10-40-43-36/h5-6,8-9,20-23,30H,3-4,7,10-19,24-25H2,1-2H3,(H,37,38)(H,39,45)(H,42,46)(H,47,48)/t30-/m1/s1. The minimum Gasteiger partial charge on any atom is -0.491 e. The van der Waals surface area contributed by atoms with E-state index in [2.05, 4.69) is 36.1 Å². The van der Waals surface area contributed by atoms with Crippen molar-refractivity contribution in [1.29, 1.82) is 0 Å². The number of ether oxygens (including phenoxy) is 5. The SMILES string of the molecule is Cc1ccnc(NCCCC(=O)NCC(=O)N[C@H](CC(=O)O)c2cc(OCCOCCOCCOCCOCCN=[N+]=[N-])cc(-c3ccnn3C)c2)c1. The highest BCUT2D eigenvalue weighted by Gasteiger charge is 2.21. The summed E-state index contributed by atoms with van der Waals surface area (Å²) in [5, 5.41) is 25.8. The van der Waals surface area contributed by atoms with Gasteiger partial charge in [0.05, 0.1) is 77.6 Å². The maximum absolute atomic E-state index is 12.9. The largest absolute Gasteiger partial charge is 0.491 e. The molecule has 0 aliphatic rings. The molecule has 2 aromatic heterocycles. The first-order chi connectivity index (χ1) is 25.7. The first kappa shape index (κ1) is 42.2. The lowest BCUT2D eigenvalue weighted by molar-refractivity contribution is -0.138. The van der Waals surface area contributed by atoms with Crippen molar-refractivity contribution < 1.29 is 43.2 Å². The highest BCUT2D eigenvalue weighted by Crippen LogP contribution is 2.30. The van der Waals surface area contributed by atoms with Gasteiger partial charge in [0.25, 0.3) is 0 Å². The maximum Gasteiger partial charge on any atom is 0.305 e. The van der Waals surface area contributed by atoms with Crippen LogP contribution in [0, 0.1) is 6.92 Å². The molecule has 0 fully saturated rings. The van der Waals surface area contributed by atoms with Gasteiger partial charge in [0, 0.05) is 49.4 Å². The van der Waals surface area contributed by atoms with Crippen molar-refractivity contribution in [2.45, 2.75) is 32.2 Å². The molecule has 18 nitrogen and oxygen atoms in total. The highest BCUT2D eigenvalue weighted by molar-refractivity contribution is 5.85. The molecule has 1 atom stereocenters. The number of nitrogens with one attached hydrogen (secondary N) is 3. The lowest BCUT2D eigenvalue weighted by Crippen LogP contribution is -2.39. The van der Waals surface area contributed by atoms with Gasteiger partial charge >= 0.3 is 5.97 Å². The third-order valence-corrected chi connectivity index (χ3v) is 7.42. The van der Waals surface area contributed by atoms with Crippen molar-refractivity contribution in [3.63, 3.8) is 0 Å². The Labute approximate surface area is 308 Å². The Hall–Kier alpha value is -5.26. The molecule has 18 heteroatoms. The first-order valence-electron chi connectivity index (χ1n) is 17.3. The van der Waals surface area contributed by atoms with Crippen LogP contribution in [-0.4, -0.2) is 117 Å². The fourth-order valence-corrected chi connectivity index (χ4v) is 4.88. The van der Waals surface area contributed by atoms with Crippen LogP contribution < -0.4 is 20.7 Å². The third-order valence-electron chi connectivity index (χ3n) is 7.42. The van der Waals surface area contributed by atoms with E-state index in [0.29, 0.717) is 76.1 Å². The van der Waals surface area contributed by atoms with E-state index in [1.54, 1.807) is 42.3 Å². The number of rotatable bonds is 28. The molecule has 0 unspecified atom stereocenters. The average molecular weight is 740 g/mol. The summed E-state index contributed by atoms with van der Waals surface area (Å²) in [6.07, 6.45) is 3.68. The Bertz CT molecular complexity index is 1620. The van der Waals surface area contributed by atoms with E-state index in [9.17, 15) is 19.5 Å². The second-order valence-corrected chi connectivity index (χ2v) is 11.6. The predicted octanol–water partition coefficient (Wildman–Crippen LogP) is 3.19. The molecule has 1 aromatic carbocycles. The number of aryl methyl sites for hydroxylation is 2. The van der Waals surface area contributed by atoms with Crippen LogP contribution in [0.5, 0.6) is 5.75 Å². The molecule has 0 saturated heterocycles. The number of anilines is 1. The van der Waals surface area contributed by atoms with Gasteiger partial charge < -0.3 is 44.7 Å². The van der Waals surface area contributed by atoms with Crippen LogP contribution >= 0.6 is 0 Å². The molecular weight excluding hydrogens is 690 g/mol. The zero-order valence-electron chi connectivity index (χ0n) is 30.2. The summed E-state index contributed by atoms with van der Waals surface area (Å²) in [4.78, 5) is 44.0. The van der Waals surface area contributed by atoms with Crippen molar-refractivity contribution in [3.05, 3.63) is 70.4 Å². The lowest BCUT2D eigenvalue weighted by atomic mass is 9.99. The van der Waals surface area contributed by atoms with Crippen LogP contribution in [0.4, 0.5) is 5.82 Å². The second-order valence-electron chi connectivity index (χ2n) is 11.6. The Morgan fingerprint density at radius 3 is 2.26 bits per heavy atom. The number of nitrogens with zero attached hydrogens (tertiary/aromatic N) is 6. The summed E-state index contributed by atoms with van der Waals surface area (Å²) in [6, 6.07) is 9.97. The lowest BCUT2D eigenvalue weighted by Gasteiger charge is -2.20. The van der Waals surface area contributed by atoms with Gasteiger partial charge in [-0.15, -0.1) is 0 Å². The van der Waals surface area contributed by atoms with Gasteiger partial charge in [-0.3, -0.25) is 19.1 Å². The van der Waals surface area contributed by atoms with Gasteiger partial charge in [-0.2, -0.15) is 5.10 Å². The maximum atomic E-state index is 12.9. The quantitative estimate of drug-likeness (QED) is 0.0364. The Balaban J connectivity index is 1.45. The molecule has 3 rings (SSSR count). The minimum atomic E-state index is -1.11. The predicted molar refractivity (Wildman–Crippen MR) is 194 cm³/mol. The fourth-order valence-electron chi connectivity index (χ4n) is 4.88. The van der Waals surface area contributed by atoms with Gasteiger partial charge in [-0.05, 0) is 66.4 Å². The summed E-state index contributed by atoms with van der Waals surface area (Å²) in [6.45, 7) is 5.62. The molecule has 3 aromatic rings. The number of amides is 2. The second kappa shape index (κ2) is 24.8. The minimum absolute atomic E-state index is 0.198. The number of benzene rings is 1. The van der Waals surface area contributed by atoms with Crippen molar-refractivity contribution in [3.8, 4) is 17.0 Å². The van der Waals surface area contributed by atoms with E-state index in [4.69, 9.17) is 29.2 Å². The molecule has 0 bridgehead atoms. The zero-order valence-corrected chi connectivity index (χ0v) is 30.2. The van der Waals surface area contributed by atoms with Crippen LogP contribution in [0.25, 0.3) is 21.7 Å². The van der Waals surface area contributed by atoms with Crippen LogP contribution in [0.15, 0.2) is 53.9 Å². The van der Waals surface area contributed by atoms with Gasteiger partial charge in [0.15, 0.2) is 0 Å². The van der Waals surface area contributed by atoms with E-state index < -0.39 is 24.3 Å². The molecule has 288 valence electrons. The number of carboxylic acids is 1. The van der Waals surface area contributed by atoms with Crippen LogP contribution in [0.1, 0.15) is 36.4 Å². The molecule has 2 heterocycles. The van der Waals surface area contributed by atoms with Crippen molar-refractivity contribution in [2.75, 3.05) is 84.4 Å². The van der Waals surface area contributed by atoms with Gasteiger partial charge in [0.2, 0.25) is 11.8 Å². The van der Waals surface area contributed by atoms with Gasteiger partial charge in [-0.1, -0.05) is 5.11 Å². The number of pyridine rings is 1. The molecule has 0 spiro atoms. The summed E-state index contributed by atoms with van der Waals surface area (Å²) < 4.78 is 29.4. The summed E-state index contributed by atoms with van der Waals surface area (Å²) in [7, 11) is 1.78. The molecular formula is C35H49N9O9. The molecule has 0 saturated carbocycles. The van der Waals surface area contributed by atoms with Crippen LogP contribution in [0.2, 0.25) is 0 Å². The van der Waals surface area contributed by atoms with Gasteiger partial charge in [0.1, 0.15) is 18.2 Å². The number of carbonyl (C=O) groups excluding carboxylic acids is 2. The Morgan fingerprint density at radius 2 is 1.62 bits per heavy atom. The number of carboxylic acid groups (broad SMARTS) is 1. The van der Waals surface area contributed by atoms with E-state index >= 15 is 0 Å². The zero-order chi connectivity index (χ0) is 38.1. The highest BCUT2D eigenvalue weighted by atomic mass is 16.6. The number of aromatic nitrogens is 3. The van der Waals surface area contributed by atoms with Crippen molar-refractivity contribution >= 4 is 23.6 Å². The summed E-state index contributed by atoms with van der Waals surface area (Å²) in [5.41, 5.74) is 11.3. The molecule has 4 N–H and O–H groups in total. The van der Waals surface area contributed by atoms with E-state index in [-0.39, 0.29) is 38.6 Å². The van der Waals surface area contributed by atoms with Crippen molar-refractivity contribution in [2.24, 2.45) is 12.2 Å². The first-order valence-corrected chi connectivity index (χ1v) is 17.3. The fraction of sp³-hybridized carbons (Fsp3) is 0.514. The molecule has 2 amide bonds. The van der Waals surface area contributed by atoms with Gasteiger partial charge in [-0.25, -0.2) is 4.98 Å². The molecule has 0 radical (unpaired) electrons. The van der Waals surface area contributed by atoms with Crippen molar-refractivity contribution in [1.82, 2.24) is 25.4 Å². The monoisotopic (exact) mass is 739 g/mol. The Morgan fingerprint density at radius 1 is 0.925 bits per heavy atom. The van der Waals surface area contributed by atoms with E-state index in [1.807, 2.05) is 25.1 Å². The number of aliphatic carboxylic acids is 1.